The Kier molecular flexibility index (Phi) is 3.76. The minimum Gasteiger partial charge on any atom is -0.330 e. The van der Waals surface area contributed by atoms with Crippen LogP contribution in [0, 0.1) is 0 Å². The van der Waals surface area contributed by atoms with Crippen LogP contribution in [0.1, 0.15) is 25.7 Å². The van der Waals surface area contributed by atoms with Crippen LogP contribution in [0.25, 0.3) is 10.7 Å². The lowest BCUT2D eigenvalue weighted by molar-refractivity contribution is 0.367. The summed E-state index contributed by atoms with van der Waals surface area (Å²) in [6.45, 7) is 2.25. The molecule has 1 unspecified atom stereocenters. The molecule has 2 aromatic rings. The summed E-state index contributed by atoms with van der Waals surface area (Å²) in [5, 5.41) is 5.71. The smallest absolute Gasteiger partial charge is 0.149 e. The summed E-state index contributed by atoms with van der Waals surface area (Å²) < 4.78 is 2.28. The van der Waals surface area contributed by atoms with E-state index in [1.807, 2.05) is 6.20 Å². The van der Waals surface area contributed by atoms with E-state index in [9.17, 15) is 0 Å². The maximum Gasteiger partial charge on any atom is 0.149 e. The van der Waals surface area contributed by atoms with Crippen LogP contribution in [-0.2, 0) is 6.54 Å². The minimum absolute atomic E-state index is 0.692. The van der Waals surface area contributed by atoms with Crippen LogP contribution in [0.2, 0.25) is 0 Å². The molecule has 1 N–H and O–H groups in total. The van der Waals surface area contributed by atoms with Gasteiger partial charge in [0, 0.05) is 25.0 Å². The van der Waals surface area contributed by atoms with Crippen molar-refractivity contribution >= 4 is 11.3 Å². The quantitative estimate of drug-likeness (QED) is 0.916. The van der Waals surface area contributed by atoms with Crippen molar-refractivity contribution in [3.63, 3.8) is 0 Å². The molecule has 96 valence electrons. The number of thiophene rings is 1. The zero-order valence-corrected chi connectivity index (χ0v) is 11.3. The van der Waals surface area contributed by atoms with Gasteiger partial charge in [-0.15, -0.1) is 11.3 Å². The number of rotatable bonds is 4. The molecule has 4 heteroatoms. The van der Waals surface area contributed by atoms with Crippen molar-refractivity contribution in [3.8, 4) is 10.7 Å². The molecule has 0 bridgehead atoms. The summed E-state index contributed by atoms with van der Waals surface area (Å²) in [4.78, 5) is 5.74. The first-order valence-corrected chi connectivity index (χ1v) is 7.60. The molecule has 0 aromatic carbocycles. The Morgan fingerprint density at radius 1 is 1.44 bits per heavy atom. The number of aromatic nitrogens is 2. The van der Waals surface area contributed by atoms with Crippen molar-refractivity contribution in [3.05, 3.63) is 29.9 Å². The second-order valence-corrected chi connectivity index (χ2v) is 5.80. The lowest BCUT2D eigenvalue weighted by Gasteiger charge is -2.23. The molecule has 3 heterocycles. The third-order valence-electron chi connectivity index (χ3n) is 3.59. The van der Waals surface area contributed by atoms with E-state index in [2.05, 4.69) is 38.6 Å². The predicted octanol–water partition coefficient (Wildman–Crippen LogP) is 3.14. The number of nitrogens with one attached hydrogen (secondary N) is 1. The molecule has 0 saturated carbocycles. The molecule has 18 heavy (non-hydrogen) atoms. The SMILES string of the molecule is c1csc(-c2nccn2CCC2CCCCN2)c1. The van der Waals surface area contributed by atoms with Crippen LogP contribution in [-0.4, -0.2) is 22.1 Å². The predicted molar refractivity (Wildman–Crippen MR) is 75.8 cm³/mol. The van der Waals surface area contributed by atoms with Crippen molar-refractivity contribution in [2.75, 3.05) is 6.54 Å². The van der Waals surface area contributed by atoms with Gasteiger partial charge in [-0.25, -0.2) is 4.98 Å². The van der Waals surface area contributed by atoms with E-state index in [0.29, 0.717) is 6.04 Å². The van der Waals surface area contributed by atoms with Crippen molar-refractivity contribution < 1.29 is 0 Å². The highest BCUT2D eigenvalue weighted by molar-refractivity contribution is 7.13. The fraction of sp³-hybridized carbons (Fsp3) is 0.500. The number of nitrogens with zero attached hydrogens (tertiary/aromatic N) is 2. The molecule has 3 rings (SSSR count). The topological polar surface area (TPSA) is 29.9 Å². The number of piperidine rings is 1. The lowest BCUT2D eigenvalue weighted by atomic mass is 10.0. The summed E-state index contributed by atoms with van der Waals surface area (Å²) in [7, 11) is 0. The van der Waals surface area contributed by atoms with Crippen LogP contribution in [0.4, 0.5) is 0 Å². The van der Waals surface area contributed by atoms with Gasteiger partial charge in [0.2, 0.25) is 0 Å². The fourth-order valence-electron chi connectivity index (χ4n) is 2.59. The molecular weight excluding hydrogens is 242 g/mol. The van der Waals surface area contributed by atoms with Crippen LogP contribution in [0.3, 0.4) is 0 Å². The minimum atomic E-state index is 0.692. The van der Waals surface area contributed by atoms with Crippen LogP contribution in [0.15, 0.2) is 29.9 Å². The van der Waals surface area contributed by atoms with Gasteiger partial charge in [-0.3, -0.25) is 0 Å². The van der Waals surface area contributed by atoms with Gasteiger partial charge in [-0.2, -0.15) is 0 Å². The van der Waals surface area contributed by atoms with Crippen molar-refractivity contribution in [2.45, 2.75) is 38.3 Å². The average molecular weight is 261 g/mol. The Balaban J connectivity index is 1.64. The molecule has 0 amide bonds. The molecule has 0 aliphatic carbocycles. The normalized spacial score (nSPS) is 20.1. The largest absolute Gasteiger partial charge is 0.330 e. The lowest BCUT2D eigenvalue weighted by Crippen LogP contribution is -2.34. The van der Waals surface area contributed by atoms with E-state index in [0.717, 1.165) is 12.4 Å². The second-order valence-electron chi connectivity index (χ2n) is 4.86. The molecule has 0 spiro atoms. The van der Waals surface area contributed by atoms with E-state index in [1.165, 1.54) is 37.1 Å². The monoisotopic (exact) mass is 261 g/mol. The van der Waals surface area contributed by atoms with Gasteiger partial charge in [0.25, 0.3) is 0 Å². The summed E-state index contributed by atoms with van der Waals surface area (Å²) in [6.07, 6.45) is 9.24. The maximum absolute atomic E-state index is 4.48. The Morgan fingerprint density at radius 3 is 3.22 bits per heavy atom. The molecule has 1 fully saturated rings. The van der Waals surface area contributed by atoms with E-state index in [1.54, 1.807) is 11.3 Å². The highest BCUT2D eigenvalue weighted by atomic mass is 32.1. The van der Waals surface area contributed by atoms with Gasteiger partial charge in [0.1, 0.15) is 5.82 Å². The molecule has 1 aliphatic heterocycles. The summed E-state index contributed by atoms with van der Waals surface area (Å²) in [5.41, 5.74) is 0. The van der Waals surface area contributed by atoms with Crippen molar-refractivity contribution in [2.24, 2.45) is 0 Å². The third kappa shape index (κ3) is 2.65. The first kappa shape index (κ1) is 11.9. The maximum atomic E-state index is 4.48. The third-order valence-corrected chi connectivity index (χ3v) is 4.45. The Hall–Kier alpha value is -1.13. The number of aryl methyl sites for hydroxylation is 1. The Morgan fingerprint density at radius 2 is 2.44 bits per heavy atom. The Bertz CT molecular complexity index is 469. The number of hydrogen-bond donors (Lipinski definition) is 1. The zero-order chi connectivity index (χ0) is 12.2. The van der Waals surface area contributed by atoms with Gasteiger partial charge >= 0.3 is 0 Å². The fourth-order valence-corrected chi connectivity index (χ4v) is 3.32. The molecule has 0 radical (unpaired) electrons. The van der Waals surface area contributed by atoms with E-state index < -0.39 is 0 Å². The molecule has 1 saturated heterocycles. The van der Waals surface area contributed by atoms with Gasteiger partial charge in [-0.05, 0) is 37.3 Å². The molecule has 2 aromatic heterocycles. The van der Waals surface area contributed by atoms with E-state index in [4.69, 9.17) is 0 Å². The van der Waals surface area contributed by atoms with Gasteiger partial charge in [0.05, 0.1) is 4.88 Å². The number of imidazole rings is 1. The van der Waals surface area contributed by atoms with E-state index >= 15 is 0 Å². The summed E-state index contributed by atoms with van der Waals surface area (Å²) in [5.74, 6) is 1.11. The summed E-state index contributed by atoms with van der Waals surface area (Å²) >= 11 is 1.76. The zero-order valence-electron chi connectivity index (χ0n) is 10.5. The van der Waals surface area contributed by atoms with Gasteiger partial charge in [0.15, 0.2) is 0 Å². The standard InChI is InChI=1S/C14H19N3S/c1-2-7-15-12(4-1)6-9-17-10-8-16-14(17)13-5-3-11-18-13/h3,5,8,10-12,15H,1-2,4,6-7,9H2. The van der Waals surface area contributed by atoms with Crippen LogP contribution < -0.4 is 5.32 Å². The number of hydrogen-bond acceptors (Lipinski definition) is 3. The molecular formula is C14H19N3S. The first-order chi connectivity index (χ1) is 8.93. The van der Waals surface area contributed by atoms with Crippen LogP contribution >= 0.6 is 11.3 Å². The van der Waals surface area contributed by atoms with Gasteiger partial charge < -0.3 is 9.88 Å². The second kappa shape index (κ2) is 5.67. The van der Waals surface area contributed by atoms with Crippen molar-refractivity contribution in [1.29, 1.82) is 0 Å². The van der Waals surface area contributed by atoms with E-state index in [-0.39, 0.29) is 0 Å². The van der Waals surface area contributed by atoms with Crippen molar-refractivity contribution in [1.82, 2.24) is 14.9 Å². The molecule has 1 aliphatic rings. The molecule has 3 nitrogen and oxygen atoms in total. The molecule has 1 atom stereocenters. The van der Waals surface area contributed by atoms with Crippen LogP contribution in [0.5, 0.6) is 0 Å². The highest BCUT2D eigenvalue weighted by Crippen LogP contribution is 2.23. The highest BCUT2D eigenvalue weighted by Gasteiger charge is 2.13. The van der Waals surface area contributed by atoms with Gasteiger partial charge in [-0.1, -0.05) is 12.5 Å². The first-order valence-electron chi connectivity index (χ1n) is 6.72. The average Bonchev–Trinajstić information content (AvgIpc) is 3.08. The summed E-state index contributed by atoms with van der Waals surface area (Å²) in [6, 6.07) is 4.92. The Labute approximate surface area is 112 Å².